The minimum atomic E-state index is -5.08. The van der Waals surface area contributed by atoms with Crippen LogP contribution in [0.3, 0.4) is 0 Å². The predicted octanol–water partition coefficient (Wildman–Crippen LogP) is 3.16. The van der Waals surface area contributed by atoms with Gasteiger partial charge in [-0.25, -0.2) is 19.6 Å². The van der Waals surface area contributed by atoms with Crippen LogP contribution in [0.15, 0.2) is 36.8 Å². The summed E-state index contributed by atoms with van der Waals surface area (Å²) in [6.45, 7) is 7.16. The molecular weight excluding hydrogens is 488 g/mol. The summed E-state index contributed by atoms with van der Waals surface area (Å²) in [5.74, 6) is -4.67. The summed E-state index contributed by atoms with van der Waals surface area (Å²) in [4.78, 5) is 35.7. The van der Waals surface area contributed by atoms with Crippen LogP contribution < -0.4 is 4.90 Å². The van der Waals surface area contributed by atoms with Crippen LogP contribution in [0, 0.1) is 6.92 Å². The van der Waals surface area contributed by atoms with Crippen molar-refractivity contribution in [3.63, 3.8) is 0 Å². The second-order valence-corrected chi connectivity index (χ2v) is 7.04. The van der Waals surface area contributed by atoms with E-state index in [1.165, 1.54) is 11.3 Å². The zero-order valence-electron chi connectivity index (χ0n) is 18.4. The molecule has 0 saturated carbocycles. The van der Waals surface area contributed by atoms with Crippen molar-refractivity contribution in [1.29, 1.82) is 0 Å². The van der Waals surface area contributed by atoms with Gasteiger partial charge in [-0.15, -0.1) is 0 Å². The largest absolute Gasteiger partial charge is 0.490 e. The van der Waals surface area contributed by atoms with Gasteiger partial charge in [-0.3, -0.25) is 9.88 Å². The Morgan fingerprint density at radius 3 is 1.86 bits per heavy atom. The summed E-state index contributed by atoms with van der Waals surface area (Å²) in [7, 11) is 0. The molecule has 1 aliphatic heterocycles. The van der Waals surface area contributed by atoms with Crippen LogP contribution >= 0.6 is 0 Å². The van der Waals surface area contributed by atoms with Crippen LogP contribution in [-0.2, 0) is 16.1 Å². The Bertz CT molecular complexity index is 920. The lowest BCUT2D eigenvalue weighted by atomic mass is 10.2. The van der Waals surface area contributed by atoms with E-state index in [1.54, 1.807) is 0 Å². The molecule has 15 heteroatoms. The zero-order chi connectivity index (χ0) is 26.6. The number of nitrogens with zero attached hydrogens (tertiary/aromatic N) is 5. The van der Waals surface area contributed by atoms with Crippen molar-refractivity contribution in [3.8, 4) is 0 Å². The highest BCUT2D eigenvalue weighted by atomic mass is 19.4. The number of pyridine rings is 1. The number of carbonyl (C=O) groups is 2. The SMILES string of the molecule is Cc1cccnc1CN1CCCN(c2ncccn2)CC1.O=C(O)C(F)(F)F.O=C(O)C(F)(F)F. The van der Waals surface area contributed by atoms with Gasteiger partial charge in [-0.1, -0.05) is 6.07 Å². The topological polar surface area (TPSA) is 120 Å². The molecule has 0 unspecified atom stereocenters. The van der Waals surface area contributed by atoms with E-state index in [-0.39, 0.29) is 0 Å². The molecule has 0 bridgehead atoms. The summed E-state index contributed by atoms with van der Waals surface area (Å²) < 4.78 is 63.5. The minimum Gasteiger partial charge on any atom is -0.475 e. The van der Waals surface area contributed by atoms with Crippen molar-refractivity contribution in [1.82, 2.24) is 19.9 Å². The van der Waals surface area contributed by atoms with Crippen molar-refractivity contribution in [2.45, 2.75) is 32.2 Å². The standard InChI is InChI=1S/C16H21N5.2C2HF3O2/c1-14-5-2-6-17-15(14)13-20-9-4-10-21(12-11-20)16-18-7-3-8-19-16;2*3-2(4,5)1(6)7/h2-3,5-8H,4,9-13H2,1H3;2*(H,6,7). The molecule has 1 aliphatic rings. The Balaban J connectivity index is 0.000000362. The van der Waals surface area contributed by atoms with E-state index in [0.29, 0.717) is 0 Å². The number of anilines is 1. The minimum absolute atomic E-state index is 0.841. The highest BCUT2D eigenvalue weighted by Gasteiger charge is 2.38. The van der Waals surface area contributed by atoms with E-state index in [0.717, 1.165) is 45.1 Å². The summed E-state index contributed by atoms with van der Waals surface area (Å²) in [6.07, 6.45) is -3.54. The number of aromatic nitrogens is 3. The molecule has 0 radical (unpaired) electrons. The van der Waals surface area contributed by atoms with Crippen molar-refractivity contribution >= 4 is 17.9 Å². The molecule has 1 fully saturated rings. The molecule has 2 aromatic rings. The Kier molecular flexibility index (Phi) is 11.3. The van der Waals surface area contributed by atoms with Gasteiger partial charge >= 0.3 is 24.3 Å². The monoisotopic (exact) mass is 511 g/mol. The van der Waals surface area contributed by atoms with Crippen molar-refractivity contribution < 1.29 is 46.1 Å². The number of hydrogen-bond acceptors (Lipinski definition) is 7. The first kappa shape index (κ1) is 29.5. The predicted molar refractivity (Wildman–Crippen MR) is 110 cm³/mol. The number of aliphatic carboxylic acids is 2. The van der Waals surface area contributed by atoms with E-state index < -0.39 is 24.3 Å². The van der Waals surface area contributed by atoms with Gasteiger partial charge < -0.3 is 15.1 Å². The van der Waals surface area contributed by atoms with Gasteiger partial charge in [0.2, 0.25) is 5.95 Å². The molecule has 194 valence electrons. The van der Waals surface area contributed by atoms with Crippen molar-refractivity contribution in [2.75, 3.05) is 31.1 Å². The molecule has 1 saturated heterocycles. The van der Waals surface area contributed by atoms with Gasteiger partial charge in [0, 0.05) is 51.3 Å². The molecule has 0 atom stereocenters. The highest BCUT2D eigenvalue weighted by molar-refractivity contribution is 5.73. The number of carboxylic acids is 2. The van der Waals surface area contributed by atoms with E-state index >= 15 is 0 Å². The Morgan fingerprint density at radius 1 is 0.857 bits per heavy atom. The Hall–Kier alpha value is -3.49. The zero-order valence-corrected chi connectivity index (χ0v) is 18.4. The van der Waals surface area contributed by atoms with Gasteiger partial charge in [0.15, 0.2) is 0 Å². The third kappa shape index (κ3) is 11.5. The molecule has 2 N–H and O–H groups in total. The molecule has 9 nitrogen and oxygen atoms in total. The fourth-order valence-corrected chi connectivity index (χ4v) is 2.68. The quantitative estimate of drug-likeness (QED) is 0.599. The third-order valence-corrected chi connectivity index (χ3v) is 4.40. The average Bonchev–Trinajstić information content (AvgIpc) is 3.01. The number of carboxylic acid groups (broad SMARTS) is 2. The van der Waals surface area contributed by atoms with Crippen LogP contribution in [0.5, 0.6) is 0 Å². The van der Waals surface area contributed by atoms with Gasteiger partial charge in [0.05, 0.1) is 5.69 Å². The number of alkyl halides is 6. The van der Waals surface area contributed by atoms with Crippen LogP contribution in [0.4, 0.5) is 32.3 Å². The van der Waals surface area contributed by atoms with Gasteiger partial charge in [0.1, 0.15) is 0 Å². The van der Waals surface area contributed by atoms with E-state index in [2.05, 4.69) is 37.7 Å². The maximum absolute atomic E-state index is 10.6. The summed E-state index contributed by atoms with van der Waals surface area (Å²) in [6, 6.07) is 5.98. The molecule has 3 heterocycles. The number of aryl methyl sites for hydroxylation is 1. The molecule has 0 amide bonds. The lowest BCUT2D eigenvalue weighted by Gasteiger charge is -2.22. The van der Waals surface area contributed by atoms with E-state index in [1.807, 2.05) is 30.7 Å². The van der Waals surface area contributed by atoms with Crippen molar-refractivity contribution in [3.05, 3.63) is 48.0 Å². The maximum Gasteiger partial charge on any atom is 0.490 e. The van der Waals surface area contributed by atoms with Gasteiger partial charge in [-0.05, 0) is 31.0 Å². The van der Waals surface area contributed by atoms with E-state index in [4.69, 9.17) is 19.8 Å². The van der Waals surface area contributed by atoms with Crippen LogP contribution in [-0.4, -0.2) is 80.5 Å². The normalized spacial score (nSPS) is 14.5. The summed E-state index contributed by atoms with van der Waals surface area (Å²) >= 11 is 0. The van der Waals surface area contributed by atoms with Crippen LogP contribution in [0.1, 0.15) is 17.7 Å². The van der Waals surface area contributed by atoms with Gasteiger partial charge in [-0.2, -0.15) is 26.3 Å². The second-order valence-electron chi connectivity index (χ2n) is 7.04. The molecule has 0 spiro atoms. The molecule has 3 rings (SSSR count). The molecule has 35 heavy (non-hydrogen) atoms. The van der Waals surface area contributed by atoms with Crippen molar-refractivity contribution in [2.24, 2.45) is 0 Å². The maximum atomic E-state index is 10.6. The number of hydrogen-bond donors (Lipinski definition) is 2. The smallest absolute Gasteiger partial charge is 0.475 e. The fraction of sp³-hybridized carbons (Fsp3) is 0.450. The van der Waals surface area contributed by atoms with E-state index in [9.17, 15) is 26.3 Å². The third-order valence-electron chi connectivity index (χ3n) is 4.40. The molecule has 0 aromatic carbocycles. The first-order valence-corrected chi connectivity index (χ1v) is 9.97. The first-order valence-electron chi connectivity index (χ1n) is 9.97. The summed E-state index contributed by atoms with van der Waals surface area (Å²) in [5.41, 5.74) is 2.45. The first-order chi connectivity index (χ1) is 16.2. The highest BCUT2D eigenvalue weighted by Crippen LogP contribution is 2.14. The fourth-order valence-electron chi connectivity index (χ4n) is 2.68. The Labute approximate surface area is 196 Å². The summed E-state index contributed by atoms with van der Waals surface area (Å²) in [5, 5.41) is 14.2. The number of rotatable bonds is 3. The lowest BCUT2D eigenvalue weighted by molar-refractivity contribution is -0.193. The molecule has 0 aliphatic carbocycles. The Morgan fingerprint density at radius 2 is 1.37 bits per heavy atom. The van der Waals surface area contributed by atoms with Crippen LogP contribution in [0.25, 0.3) is 0 Å². The average molecular weight is 511 g/mol. The molecule has 2 aromatic heterocycles. The van der Waals surface area contributed by atoms with Crippen LogP contribution in [0.2, 0.25) is 0 Å². The van der Waals surface area contributed by atoms with Gasteiger partial charge in [0.25, 0.3) is 0 Å². The lowest BCUT2D eigenvalue weighted by Crippen LogP contribution is -2.31. The number of halogens is 6. The second kappa shape index (κ2) is 13.4. The molecular formula is C20H23F6N5O4.